The second-order valence-electron chi connectivity index (χ2n) is 4.84. The molecule has 18 heavy (non-hydrogen) atoms. The van der Waals surface area contributed by atoms with Gasteiger partial charge in [0.05, 0.1) is 19.8 Å². The van der Waals surface area contributed by atoms with Crippen molar-refractivity contribution in [2.75, 3.05) is 45.3 Å². The van der Waals surface area contributed by atoms with E-state index in [-0.39, 0.29) is 12.6 Å². The molecule has 1 saturated heterocycles. The number of aliphatic hydroxyl groups excluding tert-OH is 1. The summed E-state index contributed by atoms with van der Waals surface area (Å²) >= 11 is 0. The van der Waals surface area contributed by atoms with Gasteiger partial charge in [0.1, 0.15) is 5.75 Å². The molecule has 1 heterocycles. The van der Waals surface area contributed by atoms with Crippen LogP contribution in [0.5, 0.6) is 5.75 Å². The van der Waals surface area contributed by atoms with Gasteiger partial charge in [0.25, 0.3) is 0 Å². The van der Waals surface area contributed by atoms with Gasteiger partial charge in [0.2, 0.25) is 0 Å². The average Bonchev–Trinajstić information content (AvgIpc) is 2.60. The van der Waals surface area contributed by atoms with E-state index in [0.29, 0.717) is 0 Å². The number of ether oxygens (including phenoxy) is 1. The van der Waals surface area contributed by atoms with Crippen LogP contribution in [0.15, 0.2) is 24.3 Å². The third-order valence-corrected chi connectivity index (χ3v) is 3.52. The van der Waals surface area contributed by atoms with Crippen molar-refractivity contribution in [1.29, 1.82) is 0 Å². The Kier molecular flexibility index (Phi) is 4.44. The van der Waals surface area contributed by atoms with Crippen LogP contribution >= 0.6 is 0 Å². The molecule has 4 nitrogen and oxygen atoms in total. The van der Waals surface area contributed by atoms with Gasteiger partial charge in [0, 0.05) is 18.8 Å². The summed E-state index contributed by atoms with van der Waals surface area (Å²) in [6.45, 7) is 3.17. The van der Waals surface area contributed by atoms with Crippen LogP contribution in [-0.4, -0.2) is 56.4 Å². The quantitative estimate of drug-likeness (QED) is 0.874. The van der Waals surface area contributed by atoms with E-state index in [2.05, 4.69) is 29.0 Å². The Hall–Kier alpha value is -1.26. The predicted molar refractivity (Wildman–Crippen MR) is 73.3 cm³/mol. The van der Waals surface area contributed by atoms with Crippen molar-refractivity contribution in [1.82, 2.24) is 4.90 Å². The largest absolute Gasteiger partial charge is 0.497 e. The summed E-state index contributed by atoms with van der Waals surface area (Å²) in [6, 6.07) is 8.24. The number of methoxy groups -OCH3 is 1. The Labute approximate surface area is 109 Å². The zero-order valence-electron chi connectivity index (χ0n) is 11.2. The summed E-state index contributed by atoms with van der Waals surface area (Å²) in [5.74, 6) is 0.867. The van der Waals surface area contributed by atoms with Crippen molar-refractivity contribution in [3.05, 3.63) is 24.3 Å². The first-order valence-electron chi connectivity index (χ1n) is 6.44. The van der Waals surface area contributed by atoms with Gasteiger partial charge in [-0.2, -0.15) is 0 Å². The monoisotopic (exact) mass is 250 g/mol. The fraction of sp³-hybridized carbons (Fsp3) is 0.571. The minimum atomic E-state index is 0.172. The van der Waals surface area contributed by atoms with E-state index in [1.54, 1.807) is 7.11 Å². The molecule has 0 bridgehead atoms. The van der Waals surface area contributed by atoms with E-state index in [1.807, 2.05) is 12.1 Å². The van der Waals surface area contributed by atoms with Gasteiger partial charge in [-0.3, -0.25) is 0 Å². The third-order valence-electron chi connectivity index (χ3n) is 3.52. The number of benzene rings is 1. The second kappa shape index (κ2) is 6.07. The molecule has 1 atom stereocenters. The number of nitrogens with zero attached hydrogens (tertiary/aromatic N) is 2. The van der Waals surface area contributed by atoms with Crippen LogP contribution in [0.3, 0.4) is 0 Å². The van der Waals surface area contributed by atoms with Crippen LogP contribution in [0.1, 0.15) is 6.42 Å². The second-order valence-corrected chi connectivity index (χ2v) is 4.84. The summed E-state index contributed by atoms with van der Waals surface area (Å²) in [7, 11) is 3.78. The maximum atomic E-state index is 9.57. The Morgan fingerprint density at radius 3 is 2.61 bits per heavy atom. The topological polar surface area (TPSA) is 35.9 Å². The van der Waals surface area contributed by atoms with Gasteiger partial charge < -0.3 is 19.6 Å². The zero-order chi connectivity index (χ0) is 13.0. The summed E-state index contributed by atoms with van der Waals surface area (Å²) < 4.78 is 5.18. The van der Waals surface area contributed by atoms with Crippen molar-refractivity contribution < 1.29 is 9.84 Å². The lowest BCUT2D eigenvalue weighted by molar-refractivity contribution is 0.229. The summed E-state index contributed by atoms with van der Waals surface area (Å²) in [5.41, 5.74) is 1.16. The van der Waals surface area contributed by atoms with Crippen LogP contribution in [0, 0.1) is 0 Å². The number of aliphatic hydroxyl groups is 1. The smallest absolute Gasteiger partial charge is 0.119 e. The molecule has 0 spiro atoms. The predicted octanol–water partition coefficient (Wildman–Crippen LogP) is 1.20. The number of anilines is 1. The molecular weight excluding hydrogens is 228 g/mol. The highest BCUT2D eigenvalue weighted by Gasteiger charge is 2.22. The van der Waals surface area contributed by atoms with E-state index in [9.17, 15) is 5.11 Å². The molecule has 1 unspecified atom stereocenters. The zero-order valence-corrected chi connectivity index (χ0v) is 11.2. The minimum Gasteiger partial charge on any atom is -0.497 e. The van der Waals surface area contributed by atoms with Gasteiger partial charge in [-0.1, -0.05) is 0 Å². The van der Waals surface area contributed by atoms with Crippen molar-refractivity contribution in [3.8, 4) is 5.75 Å². The molecule has 4 heteroatoms. The number of rotatable bonds is 3. The lowest BCUT2D eigenvalue weighted by Gasteiger charge is -2.31. The molecule has 2 rings (SSSR count). The lowest BCUT2D eigenvalue weighted by atomic mass is 10.2. The first kappa shape index (κ1) is 13.2. The van der Waals surface area contributed by atoms with Crippen molar-refractivity contribution in [2.45, 2.75) is 12.5 Å². The Morgan fingerprint density at radius 2 is 2.00 bits per heavy atom. The molecule has 0 saturated carbocycles. The van der Waals surface area contributed by atoms with Crippen LogP contribution in [0.2, 0.25) is 0 Å². The molecule has 1 N–H and O–H groups in total. The maximum Gasteiger partial charge on any atom is 0.119 e. The van der Waals surface area contributed by atoms with E-state index in [1.165, 1.54) is 0 Å². The van der Waals surface area contributed by atoms with Gasteiger partial charge in [-0.15, -0.1) is 0 Å². The standard InChI is InChI=1S/C14H22N2O2/c1-15-8-3-9-16(13(10-15)11-17)12-4-6-14(18-2)7-5-12/h4-7,13,17H,3,8-11H2,1-2H3. The minimum absolute atomic E-state index is 0.172. The highest BCUT2D eigenvalue weighted by Crippen LogP contribution is 2.23. The van der Waals surface area contributed by atoms with E-state index >= 15 is 0 Å². The fourth-order valence-corrected chi connectivity index (χ4v) is 2.51. The Morgan fingerprint density at radius 1 is 1.28 bits per heavy atom. The molecular formula is C14H22N2O2. The maximum absolute atomic E-state index is 9.57. The van der Waals surface area contributed by atoms with Crippen LogP contribution in [-0.2, 0) is 0 Å². The Balaban J connectivity index is 2.17. The molecule has 0 aromatic heterocycles. The molecule has 100 valence electrons. The fourth-order valence-electron chi connectivity index (χ4n) is 2.51. The first-order valence-corrected chi connectivity index (χ1v) is 6.44. The van der Waals surface area contributed by atoms with Gasteiger partial charge >= 0.3 is 0 Å². The lowest BCUT2D eigenvalue weighted by Crippen LogP contribution is -2.42. The van der Waals surface area contributed by atoms with Crippen LogP contribution < -0.4 is 9.64 Å². The summed E-state index contributed by atoms with van der Waals surface area (Å²) in [6.07, 6.45) is 1.12. The van der Waals surface area contributed by atoms with E-state index in [0.717, 1.165) is 37.5 Å². The first-order chi connectivity index (χ1) is 8.74. The average molecular weight is 250 g/mol. The van der Waals surface area contributed by atoms with Crippen molar-refractivity contribution in [2.24, 2.45) is 0 Å². The molecule has 0 radical (unpaired) electrons. The summed E-state index contributed by atoms with van der Waals surface area (Å²) in [5, 5.41) is 9.57. The highest BCUT2D eigenvalue weighted by atomic mass is 16.5. The van der Waals surface area contributed by atoms with Crippen molar-refractivity contribution >= 4 is 5.69 Å². The number of likely N-dealkylation sites (N-methyl/N-ethyl adjacent to an activating group) is 1. The molecule has 1 fully saturated rings. The number of hydrogen-bond acceptors (Lipinski definition) is 4. The molecule has 0 amide bonds. The van der Waals surface area contributed by atoms with E-state index < -0.39 is 0 Å². The van der Waals surface area contributed by atoms with Gasteiger partial charge in [-0.05, 0) is 44.3 Å². The highest BCUT2D eigenvalue weighted by molar-refractivity contribution is 5.50. The van der Waals surface area contributed by atoms with Crippen molar-refractivity contribution in [3.63, 3.8) is 0 Å². The van der Waals surface area contributed by atoms with Gasteiger partial charge in [0.15, 0.2) is 0 Å². The normalized spacial score (nSPS) is 21.7. The SMILES string of the molecule is COc1ccc(N2CCCN(C)CC2CO)cc1. The van der Waals surface area contributed by atoms with Crippen LogP contribution in [0.25, 0.3) is 0 Å². The van der Waals surface area contributed by atoms with E-state index in [4.69, 9.17) is 4.74 Å². The molecule has 0 aliphatic carbocycles. The Bertz CT molecular complexity index is 367. The molecule has 1 aliphatic heterocycles. The third kappa shape index (κ3) is 2.94. The molecule has 1 aromatic carbocycles. The molecule has 1 aliphatic rings. The van der Waals surface area contributed by atoms with Gasteiger partial charge in [-0.25, -0.2) is 0 Å². The number of hydrogen-bond donors (Lipinski definition) is 1. The van der Waals surface area contributed by atoms with Crippen LogP contribution in [0.4, 0.5) is 5.69 Å². The molecule has 1 aromatic rings. The summed E-state index contributed by atoms with van der Waals surface area (Å²) in [4.78, 5) is 4.58.